The van der Waals surface area contributed by atoms with Crippen molar-refractivity contribution < 1.29 is 37.1 Å². The third kappa shape index (κ3) is 4.90. The van der Waals surface area contributed by atoms with Crippen molar-refractivity contribution in [3.8, 4) is 5.75 Å². The number of rotatable bonds is 6. The summed E-state index contributed by atoms with van der Waals surface area (Å²) in [4.78, 5) is 16.0. The lowest BCUT2D eigenvalue weighted by Crippen LogP contribution is -2.65. The Balaban J connectivity index is 1.70. The van der Waals surface area contributed by atoms with Crippen molar-refractivity contribution in [2.45, 2.75) is 25.6 Å². The molecule has 3 rings (SSSR count). The fraction of sp³-hybridized carbons (Fsp3) is 0.471. The summed E-state index contributed by atoms with van der Waals surface area (Å²) < 4.78 is 50.9. The molecule has 8 nitrogen and oxygen atoms in total. The summed E-state index contributed by atoms with van der Waals surface area (Å²) in [6.07, 6.45) is -5.35. The first-order chi connectivity index (χ1) is 13.5. The number of hydrogen-bond acceptors (Lipinski definition) is 7. The molecule has 0 aromatic heterocycles. The Kier molecular flexibility index (Phi) is 6.22. The van der Waals surface area contributed by atoms with Crippen LogP contribution in [0.2, 0.25) is 0 Å². The second-order valence-corrected chi connectivity index (χ2v) is 7.67. The van der Waals surface area contributed by atoms with Gasteiger partial charge >= 0.3 is 12.1 Å². The Morgan fingerprint density at radius 3 is 2.72 bits per heavy atom. The molecule has 12 heteroatoms. The van der Waals surface area contributed by atoms with Gasteiger partial charge in [-0.2, -0.15) is 18.0 Å². The first-order valence-electron chi connectivity index (χ1n) is 8.63. The monoisotopic (exact) mass is 481 g/mol. The van der Waals surface area contributed by atoms with Crippen LogP contribution in [0.25, 0.3) is 6.08 Å². The van der Waals surface area contributed by atoms with Crippen LogP contribution in [-0.2, 0) is 14.4 Å². The smallest absolute Gasteiger partial charge is 0.430 e. The average Bonchev–Trinajstić information content (AvgIpc) is 2.54. The lowest BCUT2D eigenvalue weighted by molar-refractivity contribution is -1.04. The Morgan fingerprint density at radius 2 is 2.14 bits per heavy atom. The minimum absolute atomic E-state index is 0.0407. The van der Waals surface area contributed by atoms with Crippen molar-refractivity contribution in [3.63, 3.8) is 0 Å². The van der Waals surface area contributed by atoms with E-state index in [-0.39, 0.29) is 5.75 Å². The molecule has 1 aromatic rings. The first-order valence-corrected chi connectivity index (χ1v) is 9.42. The highest BCUT2D eigenvalue weighted by Gasteiger charge is 2.49. The van der Waals surface area contributed by atoms with E-state index in [1.165, 1.54) is 18.1 Å². The van der Waals surface area contributed by atoms with Crippen LogP contribution in [-0.4, -0.2) is 55.1 Å². The molecule has 0 aliphatic carbocycles. The molecule has 1 aromatic carbocycles. The maximum atomic E-state index is 13.5. The van der Waals surface area contributed by atoms with Gasteiger partial charge in [-0.05, 0) is 42.7 Å². The zero-order valence-electron chi connectivity index (χ0n) is 15.6. The fourth-order valence-electron chi connectivity index (χ4n) is 2.91. The van der Waals surface area contributed by atoms with E-state index in [0.717, 1.165) is 12.5 Å². The lowest BCUT2D eigenvalue weighted by Gasteiger charge is -2.47. The van der Waals surface area contributed by atoms with Crippen molar-refractivity contribution >= 4 is 28.0 Å². The van der Waals surface area contributed by atoms with E-state index in [1.807, 2.05) is 0 Å². The molecule has 0 bridgehead atoms. The van der Waals surface area contributed by atoms with Gasteiger partial charge in [0.15, 0.2) is 0 Å². The van der Waals surface area contributed by atoms with E-state index < -0.39 is 35.5 Å². The van der Waals surface area contributed by atoms with Crippen LogP contribution in [0.1, 0.15) is 17.5 Å². The van der Waals surface area contributed by atoms with E-state index in [1.54, 1.807) is 13.0 Å². The van der Waals surface area contributed by atoms with Crippen LogP contribution in [0.5, 0.6) is 5.75 Å². The molecule has 2 unspecified atom stereocenters. The molecule has 0 saturated carbocycles. The average molecular weight is 482 g/mol. The Morgan fingerprint density at radius 1 is 1.45 bits per heavy atom. The summed E-state index contributed by atoms with van der Waals surface area (Å²) >= 11 is 3.26. The minimum atomic E-state index is -4.83. The number of nitrogens with one attached hydrogen (secondary N) is 1. The molecule has 2 aliphatic rings. The fourth-order valence-corrected chi connectivity index (χ4v) is 3.50. The Bertz CT molecular complexity index is 827. The summed E-state index contributed by atoms with van der Waals surface area (Å²) in [5.74, 6) is -1.22. The van der Waals surface area contributed by atoms with Crippen molar-refractivity contribution in [2.75, 3.05) is 26.9 Å². The molecule has 0 radical (unpaired) electrons. The number of nitrogens with zero attached hydrogens (tertiary/aromatic N) is 2. The zero-order chi connectivity index (χ0) is 21.4. The summed E-state index contributed by atoms with van der Waals surface area (Å²) in [6, 6.07) is 3.15. The van der Waals surface area contributed by atoms with Crippen LogP contribution in [0.4, 0.5) is 13.2 Å². The van der Waals surface area contributed by atoms with Gasteiger partial charge in [0, 0.05) is 10.0 Å². The van der Waals surface area contributed by atoms with Crippen LogP contribution < -0.4 is 10.3 Å². The number of quaternary nitrogens is 1. The molecule has 1 fully saturated rings. The molecule has 2 heterocycles. The second kappa shape index (κ2) is 8.20. The number of fused-ring (bicyclic) bond motifs is 1. The lowest BCUT2D eigenvalue weighted by atomic mass is 9.99. The standard InChI is InChI=1S/C17H19BrF3N3O5/c1-10-6-12(18)7-11-8-13(15(17(19,20)21)29-14(10)11)16(25)27-9-28-22-24(2,26)23-4-3-5-23/h6-8,15,22H,3-5,9H2,1-2H3. The normalized spacial score (nSPS) is 21.3. The van der Waals surface area contributed by atoms with E-state index >= 15 is 0 Å². The van der Waals surface area contributed by atoms with Gasteiger partial charge in [0.2, 0.25) is 12.9 Å². The molecule has 1 saturated heterocycles. The van der Waals surface area contributed by atoms with Gasteiger partial charge in [-0.15, -0.1) is 5.01 Å². The quantitative estimate of drug-likeness (QED) is 0.220. The number of benzene rings is 1. The number of hydrogen-bond donors (Lipinski definition) is 1. The van der Waals surface area contributed by atoms with Gasteiger partial charge in [-0.25, -0.2) is 9.63 Å². The number of halogens is 4. The van der Waals surface area contributed by atoms with Crippen LogP contribution >= 0.6 is 15.9 Å². The summed E-state index contributed by atoms with van der Waals surface area (Å²) in [5, 5.41) is 13.6. The molecule has 1 N–H and O–H groups in total. The summed E-state index contributed by atoms with van der Waals surface area (Å²) in [6.45, 7) is 1.99. The Labute approximate surface area is 173 Å². The SMILES string of the molecule is Cc1cc(Br)cc2c1OC(C(F)(F)F)C(C(=O)OCON[N+](C)([O-])N1CCC1)=C2. The predicted octanol–water partition coefficient (Wildman–Crippen LogP) is 2.97. The minimum Gasteiger partial charge on any atom is -0.590 e. The third-order valence-electron chi connectivity index (χ3n) is 4.49. The van der Waals surface area contributed by atoms with Crippen molar-refractivity contribution in [1.29, 1.82) is 0 Å². The highest BCUT2D eigenvalue weighted by molar-refractivity contribution is 9.10. The first kappa shape index (κ1) is 22.0. The van der Waals surface area contributed by atoms with Crippen molar-refractivity contribution in [1.82, 2.24) is 10.6 Å². The van der Waals surface area contributed by atoms with E-state index in [9.17, 15) is 23.2 Å². The van der Waals surface area contributed by atoms with Gasteiger partial charge in [0.25, 0.3) is 0 Å². The number of esters is 1. The largest absolute Gasteiger partial charge is 0.590 e. The highest BCUT2D eigenvalue weighted by atomic mass is 79.9. The molecule has 160 valence electrons. The van der Waals surface area contributed by atoms with Crippen LogP contribution in [0.15, 0.2) is 22.2 Å². The van der Waals surface area contributed by atoms with Gasteiger partial charge in [0.05, 0.1) is 18.7 Å². The number of ether oxygens (including phenoxy) is 2. The molecule has 2 aliphatic heterocycles. The third-order valence-corrected chi connectivity index (χ3v) is 4.94. The number of alkyl halides is 3. The summed E-state index contributed by atoms with van der Waals surface area (Å²) in [5.41, 5.74) is 2.22. The molecule has 0 spiro atoms. The van der Waals surface area contributed by atoms with Crippen LogP contribution in [0, 0.1) is 12.1 Å². The topological polar surface area (TPSA) is 83.1 Å². The van der Waals surface area contributed by atoms with Gasteiger partial charge in [-0.3, -0.25) is 0 Å². The zero-order valence-corrected chi connectivity index (χ0v) is 17.2. The predicted molar refractivity (Wildman–Crippen MR) is 98.2 cm³/mol. The molecular weight excluding hydrogens is 463 g/mol. The van der Waals surface area contributed by atoms with Gasteiger partial charge in [0.1, 0.15) is 12.8 Å². The Hall–Kier alpha value is -1.70. The molecule has 0 amide bonds. The van der Waals surface area contributed by atoms with Gasteiger partial charge in [-0.1, -0.05) is 15.9 Å². The maximum Gasteiger partial charge on any atom is 0.430 e. The molecule has 2 atom stereocenters. The van der Waals surface area contributed by atoms with Crippen molar-refractivity contribution in [2.24, 2.45) is 0 Å². The van der Waals surface area contributed by atoms with E-state index in [2.05, 4.69) is 21.5 Å². The number of carbonyl (C=O) groups excluding carboxylic acids is 1. The van der Waals surface area contributed by atoms with Gasteiger partial charge < -0.3 is 14.7 Å². The number of hydroxylamine groups is 1. The highest BCUT2D eigenvalue weighted by Crippen LogP contribution is 2.40. The van der Waals surface area contributed by atoms with E-state index in [4.69, 9.17) is 14.3 Å². The number of carbonyl (C=O) groups is 1. The second-order valence-electron chi connectivity index (χ2n) is 6.75. The number of aryl methyl sites for hydroxylation is 1. The summed E-state index contributed by atoms with van der Waals surface area (Å²) in [7, 11) is 1.27. The molecular formula is C17H19BrF3N3O5. The van der Waals surface area contributed by atoms with Crippen molar-refractivity contribution in [3.05, 3.63) is 38.5 Å². The van der Waals surface area contributed by atoms with E-state index in [0.29, 0.717) is 28.7 Å². The maximum absolute atomic E-state index is 13.5. The molecule has 29 heavy (non-hydrogen) atoms. The van der Waals surface area contributed by atoms with Crippen LogP contribution in [0.3, 0.4) is 0 Å².